The zero-order valence-electron chi connectivity index (χ0n) is 12.6. The normalized spacial score (nSPS) is 12.9. The third kappa shape index (κ3) is 2.87. The van der Waals surface area contributed by atoms with E-state index < -0.39 is 18.3 Å². The topological polar surface area (TPSA) is 78.4 Å². The molecule has 0 bridgehead atoms. The van der Waals surface area contributed by atoms with Crippen LogP contribution >= 0.6 is 0 Å². The summed E-state index contributed by atoms with van der Waals surface area (Å²) in [5.74, 6) is 0. The lowest BCUT2D eigenvalue weighted by Gasteiger charge is -2.38. The van der Waals surface area contributed by atoms with E-state index in [1.165, 1.54) is 0 Å². The average molecular weight is 276 g/mol. The molecule has 0 saturated heterocycles. The fourth-order valence-electron chi connectivity index (χ4n) is 1.80. The maximum Gasteiger partial charge on any atom is 0.493 e. The van der Waals surface area contributed by atoms with E-state index in [2.05, 4.69) is 9.97 Å². The Bertz CT molecular complexity index is 616. The molecule has 0 spiro atoms. The quantitative estimate of drug-likeness (QED) is 0.731. The fourth-order valence-corrected chi connectivity index (χ4v) is 1.80. The van der Waals surface area contributed by atoms with Crippen LogP contribution < -0.4 is 5.46 Å². The van der Waals surface area contributed by atoms with E-state index in [9.17, 15) is 10.1 Å². The second-order valence-corrected chi connectivity index (χ2v) is 6.20. The summed E-state index contributed by atoms with van der Waals surface area (Å²) in [5.41, 5.74) is 0.386. The summed E-state index contributed by atoms with van der Waals surface area (Å²) in [5, 5.41) is 21.2. The zero-order valence-corrected chi connectivity index (χ0v) is 12.6. The number of hydrogen-bond acceptors (Lipinski definition) is 4. The van der Waals surface area contributed by atoms with Crippen molar-refractivity contribution in [2.24, 2.45) is 0 Å². The van der Waals surface area contributed by atoms with Crippen LogP contribution in [0.4, 0.5) is 0 Å². The molecule has 0 aliphatic rings. The highest BCUT2D eigenvalue weighted by molar-refractivity contribution is 6.60. The molecule has 0 aromatic carbocycles. The lowest BCUT2D eigenvalue weighted by Crippen LogP contribution is -2.53. The maximum atomic E-state index is 10.2. The molecule has 3 N–H and O–H groups in total. The van der Waals surface area contributed by atoms with Crippen LogP contribution in [0.1, 0.15) is 33.4 Å². The SMILES string of the molecule is Cc1cc2cc(B(O)OC(C)(C)C(C)(C)O)cnc2[nH]1. The van der Waals surface area contributed by atoms with Crippen molar-refractivity contribution in [3.05, 3.63) is 24.0 Å². The van der Waals surface area contributed by atoms with Gasteiger partial charge in [0.2, 0.25) is 0 Å². The number of nitrogens with one attached hydrogen (secondary N) is 1. The van der Waals surface area contributed by atoms with Gasteiger partial charge in [0, 0.05) is 22.7 Å². The summed E-state index contributed by atoms with van der Waals surface area (Å²) in [4.78, 5) is 7.38. The monoisotopic (exact) mass is 276 g/mol. The van der Waals surface area contributed by atoms with Gasteiger partial charge >= 0.3 is 7.12 Å². The first-order valence-corrected chi connectivity index (χ1v) is 6.64. The van der Waals surface area contributed by atoms with Gasteiger partial charge < -0.3 is 19.8 Å². The maximum absolute atomic E-state index is 10.2. The number of hydrogen-bond donors (Lipinski definition) is 3. The number of aromatic amines is 1. The largest absolute Gasteiger partial charge is 0.493 e. The van der Waals surface area contributed by atoms with Gasteiger partial charge in [-0.1, -0.05) is 0 Å². The van der Waals surface area contributed by atoms with Crippen molar-refractivity contribution < 1.29 is 14.8 Å². The number of nitrogens with zero attached hydrogens (tertiary/aromatic N) is 1. The van der Waals surface area contributed by atoms with Crippen molar-refractivity contribution in [2.75, 3.05) is 0 Å². The van der Waals surface area contributed by atoms with Gasteiger partial charge in [0.15, 0.2) is 0 Å². The Hall–Kier alpha value is -1.37. The zero-order chi connectivity index (χ0) is 15.1. The van der Waals surface area contributed by atoms with E-state index in [0.717, 1.165) is 16.7 Å². The Balaban J connectivity index is 2.25. The molecule has 0 radical (unpaired) electrons. The molecule has 0 fully saturated rings. The molecule has 2 heterocycles. The van der Waals surface area contributed by atoms with Gasteiger partial charge in [-0.2, -0.15) is 0 Å². The van der Waals surface area contributed by atoms with E-state index in [1.807, 2.05) is 19.1 Å². The third-order valence-corrected chi connectivity index (χ3v) is 3.79. The van der Waals surface area contributed by atoms with Crippen LogP contribution in [0.2, 0.25) is 0 Å². The second kappa shape index (κ2) is 4.88. The number of aromatic nitrogens is 2. The molecule has 0 amide bonds. The molecule has 5 nitrogen and oxygen atoms in total. The molecule has 2 aromatic rings. The molecule has 20 heavy (non-hydrogen) atoms. The molecular formula is C14H21BN2O3. The predicted octanol–water partition coefficient (Wildman–Crippen LogP) is 1.12. The summed E-state index contributed by atoms with van der Waals surface area (Å²) in [7, 11) is -1.14. The number of rotatable bonds is 4. The van der Waals surface area contributed by atoms with Gasteiger partial charge in [-0.15, -0.1) is 0 Å². The van der Waals surface area contributed by atoms with Crippen LogP contribution in [0.3, 0.4) is 0 Å². The van der Waals surface area contributed by atoms with Crippen molar-refractivity contribution >= 4 is 23.6 Å². The Morgan fingerprint density at radius 3 is 2.50 bits per heavy atom. The standard InChI is InChI=1S/C14H21BN2O3/c1-9-6-10-7-11(8-16-12(10)17-9)15(19)20-14(4,5)13(2,3)18/h6-8,18-19H,1-5H3,(H,16,17). The summed E-state index contributed by atoms with van der Waals surface area (Å²) >= 11 is 0. The first kappa shape index (κ1) is 15.0. The molecule has 108 valence electrons. The average Bonchev–Trinajstić information content (AvgIpc) is 2.65. The molecule has 6 heteroatoms. The van der Waals surface area contributed by atoms with Gasteiger partial charge in [-0.25, -0.2) is 4.98 Å². The minimum atomic E-state index is -1.14. The second-order valence-electron chi connectivity index (χ2n) is 6.20. The molecule has 2 aromatic heterocycles. The number of H-pyrrole nitrogens is 1. The highest BCUT2D eigenvalue weighted by Crippen LogP contribution is 2.25. The first-order valence-electron chi connectivity index (χ1n) is 6.64. The highest BCUT2D eigenvalue weighted by atomic mass is 16.5. The molecule has 0 atom stereocenters. The summed E-state index contributed by atoms with van der Waals surface area (Å²) in [6.07, 6.45) is 1.57. The first-order chi connectivity index (χ1) is 9.10. The lowest BCUT2D eigenvalue weighted by molar-refractivity contribution is -0.0982. The van der Waals surface area contributed by atoms with E-state index in [4.69, 9.17) is 4.65 Å². The number of fused-ring (bicyclic) bond motifs is 1. The highest BCUT2D eigenvalue weighted by Gasteiger charge is 2.39. The van der Waals surface area contributed by atoms with Crippen molar-refractivity contribution in [3.8, 4) is 0 Å². The number of aryl methyl sites for hydroxylation is 1. The molecule has 0 unspecified atom stereocenters. The van der Waals surface area contributed by atoms with E-state index in [1.54, 1.807) is 33.9 Å². The minimum Gasteiger partial charge on any atom is -0.423 e. The molecule has 0 saturated carbocycles. The summed E-state index contributed by atoms with van der Waals surface area (Å²) in [6, 6.07) is 3.79. The van der Waals surface area contributed by atoms with E-state index in [-0.39, 0.29) is 0 Å². The molecule has 0 aliphatic heterocycles. The Labute approximate surface area is 119 Å². The van der Waals surface area contributed by atoms with Crippen molar-refractivity contribution in [1.29, 1.82) is 0 Å². The van der Waals surface area contributed by atoms with Gasteiger partial charge in [0.05, 0.1) is 11.2 Å². The minimum absolute atomic E-state index is 0.564. The van der Waals surface area contributed by atoms with E-state index >= 15 is 0 Å². The Kier molecular flexibility index (Phi) is 3.66. The van der Waals surface area contributed by atoms with Crippen LogP contribution in [0.5, 0.6) is 0 Å². The van der Waals surface area contributed by atoms with E-state index in [0.29, 0.717) is 5.46 Å². The Morgan fingerprint density at radius 1 is 1.25 bits per heavy atom. The predicted molar refractivity (Wildman–Crippen MR) is 79.9 cm³/mol. The molecular weight excluding hydrogens is 255 g/mol. The lowest BCUT2D eigenvalue weighted by atomic mass is 9.77. The van der Waals surface area contributed by atoms with Crippen molar-refractivity contribution in [1.82, 2.24) is 9.97 Å². The Morgan fingerprint density at radius 2 is 1.90 bits per heavy atom. The van der Waals surface area contributed by atoms with Crippen molar-refractivity contribution in [2.45, 2.75) is 45.8 Å². The van der Waals surface area contributed by atoms with Crippen LogP contribution in [-0.4, -0.2) is 38.4 Å². The molecule has 0 aliphatic carbocycles. The van der Waals surface area contributed by atoms with Gasteiger partial charge in [0.1, 0.15) is 5.65 Å². The van der Waals surface area contributed by atoms with Gasteiger partial charge in [-0.3, -0.25) is 0 Å². The van der Waals surface area contributed by atoms with Gasteiger partial charge in [0.25, 0.3) is 0 Å². The number of pyridine rings is 1. The fraction of sp³-hybridized carbons (Fsp3) is 0.500. The number of aliphatic hydroxyl groups is 1. The van der Waals surface area contributed by atoms with Crippen molar-refractivity contribution in [3.63, 3.8) is 0 Å². The van der Waals surface area contributed by atoms with Crippen LogP contribution in [-0.2, 0) is 4.65 Å². The summed E-state index contributed by atoms with van der Waals surface area (Å²) < 4.78 is 5.60. The van der Waals surface area contributed by atoms with Crippen LogP contribution in [0, 0.1) is 6.92 Å². The smallest absolute Gasteiger partial charge is 0.423 e. The van der Waals surface area contributed by atoms with Gasteiger partial charge in [-0.05, 0) is 46.8 Å². The molecule has 2 rings (SSSR count). The summed E-state index contributed by atoms with van der Waals surface area (Å²) in [6.45, 7) is 8.73. The third-order valence-electron chi connectivity index (χ3n) is 3.79. The van der Waals surface area contributed by atoms with Crippen LogP contribution in [0.25, 0.3) is 11.0 Å². The van der Waals surface area contributed by atoms with Crippen LogP contribution in [0.15, 0.2) is 18.3 Å².